The summed E-state index contributed by atoms with van der Waals surface area (Å²) in [5, 5.41) is 5.82. The van der Waals surface area contributed by atoms with Crippen LogP contribution in [0.4, 0.5) is 10.2 Å². The molecule has 4 nitrogen and oxygen atoms in total. The molecule has 0 aliphatic carbocycles. The van der Waals surface area contributed by atoms with Gasteiger partial charge in [0.25, 0.3) is 5.91 Å². The lowest BCUT2D eigenvalue weighted by Gasteiger charge is -2.32. The molecule has 0 aliphatic rings. The molecule has 1 aromatic rings. The summed E-state index contributed by atoms with van der Waals surface area (Å²) in [5.41, 5.74) is -0.00348. The van der Waals surface area contributed by atoms with Crippen LogP contribution in [0.5, 0.6) is 0 Å². The second kappa shape index (κ2) is 6.50. The van der Waals surface area contributed by atoms with Crippen molar-refractivity contribution < 1.29 is 9.18 Å². The lowest BCUT2D eigenvalue weighted by molar-refractivity contribution is 0.0888. The zero-order valence-electron chi connectivity index (χ0n) is 12.0. The molecule has 5 heteroatoms. The predicted octanol–water partition coefficient (Wildman–Crippen LogP) is 2.96. The molecule has 0 spiro atoms. The Morgan fingerprint density at radius 2 is 1.89 bits per heavy atom. The number of halogens is 1. The van der Waals surface area contributed by atoms with E-state index in [1.54, 1.807) is 7.05 Å². The molecule has 0 unspecified atom stereocenters. The van der Waals surface area contributed by atoms with E-state index in [1.807, 2.05) is 20.8 Å². The second-order valence-corrected chi connectivity index (χ2v) is 4.59. The number of hydrogen-bond donors (Lipinski definition) is 2. The lowest BCUT2D eigenvalue weighted by Crippen LogP contribution is -2.47. The first-order valence-electron chi connectivity index (χ1n) is 6.67. The average molecular weight is 267 g/mol. The van der Waals surface area contributed by atoms with E-state index in [2.05, 4.69) is 15.6 Å². The molecule has 1 heterocycles. The predicted molar refractivity (Wildman–Crippen MR) is 74.8 cm³/mol. The highest BCUT2D eigenvalue weighted by atomic mass is 19.1. The number of carbonyl (C=O) groups is 1. The molecule has 0 fully saturated rings. The smallest absolute Gasteiger partial charge is 0.255 e. The van der Waals surface area contributed by atoms with E-state index in [1.165, 1.54) is 6.07 Å². The Kier molecular flexibility index (Phi) is 5.27. The summed E-state index contributed by atoms with van der Waals surface area (Å²) in [6.07, 6.45) is 3.60. The minimum Gasteiger partial charge on any atom is -0.372 e. The van der Waals surface area contributed by atoms with Crippen LogP contribution in [-0.2, 0) is 0 Å². The van der Waals surface area contributed by atoms with Crippen LogP contribution in [0, 0.1) is 5.82 Å². The lowest BCUT2D eigenvalue weighted by atomic mass is 9.89. The second-order valence-electron chi connectivity index (χ2n) is 4.59. The van der Waals surface area contributed by atoms with Gasteiger partial charge in [-0.15, -0.1) is 0 Å². The standard InChI is InChI=1S/C14H22FN3O/c1-5-14(6-2,7-3)18-13(19)11-8-10(15)9-17-12(11)16-4/h8-9H,5-7H2,1-4H3,(H,16,17)(H,18,19). The molecule has 0 aromatic carbocycles. The monoisotopic (exact) mass is 267 g/mol. The van der Waals surface area contributed by atoms with Crippen LogP contribution in [0.25, 0.3) is 0 Å². The first-order chi connectivity index (χ1) is 9.01. The third-order valence-electron chi connectivity index (χ3n) is 3.74. The van der Waals surface area contributed by atoms with Crippen LogP contribution in [0.1, 0.15) is 50.4 Å². The number of pyridine rings is 1. The van der Waals surface area contributed by atoms with Gasteiger partial charge >= 0.3 is 0 Å². The Morgan fingerprint density at radius 3 is 2.37 bits per heavy atom. The largest absolute Gasteiger partial charge is 0.372 e. The minimum absolute atomic E-state index is 0.238. The van der Waals surface area contributed by atoms with Crippen molar-refractivity contribution in [1.82, 2.24) is 10.3 Å². The van der Waals surface area contributed by atoms with Gasteiger partial charge < -0.3 is 10.6 Å². The normalized spacial score (nSPS) is 11.2. The van der Waals surface area contributed by atoms with Crippen LogP contribution in [0.15, 0.2) is 12.3 Å². The van der Waals surface area contributed by atoms with Gasteiger partial charge in [-0.1, -0.05) is 20.8 Å². The fourth-order valence-corrected chi connectivity index (χ4v) is 2.13. The number of nitrogens with one attached hydrogen (secondary N) is 2. The molecule has 106 valence electrons. The summed E-state index contributed by atoms with van der Waals surface area (Å²) in [6, 6.07) is 1.21. The number of hydrogen-bond acceptors (Lipinski definition) is 3. The molecule has 0 aliphatic heterocycles. The van der Waals surface area contributed by atoms with Gasteiger partial charge in [-0.3, -0.25) is 4.79 Å². The van der Waals surface area contributed by atoms with Crippen molar-refractivity contribution in [1.29, 1.82) is 0 Å². The minimum atomic E-state index is -0.515. The third-order valence-corrected chi connectivity index (χ3v) is 3.74. The van der Waals surface area contributed by atoms with Gasteiger partial charge in [-0.2, -0.15) is 0 Å². The molecule has 0 saturated carbocycles. The first-order valence-corrected chi connectivity index (χ1v) is 6.67. The van der Waals surface area contributed by atoms with Crippen LogP contribution in [-0.4, -0.2) is 23.5 Å². The van der Waals surface area contributed by atoms with E-state index in [9.17, 15) is 9.18 Å². The number of aromatic nitrogens is 1. The first kappa shape index (κ1) is 15.4. The molecule has 0 atom stereocenters. The van der Waals surface area contributed by atoms with E-state index >= 15 is 0 Å². The number of anilines is 1. The van der Waals surface area contributed by atoms with Crippen LogP contribution >= 0.6 is 0 Å². The zero-order valence-corrected chi connectivity index (χ0v) is 12.0. The van der Waals surface area contributed by atoms with Gasteiger partial charge in [0.15, 0.2) is 0 Å². The number of rotatable bonds is 6. The molecule has 0 radical (unpaired) electrons. The van der Waals surface area contributed by atoms with Crippen molar-refractivity contribution >= 4 is 11.7 Å². The summed E-state index contributed by atoms with van der Waals surface area (Å²) >= 11 is 0. The van der Waals surface area contributed by atoms with Gasteiger partial charge in [0.2, 0.25) is 0 Å². The molecule has 2 N–H and O–H groups in total. The van der Waals surface area contributed by atoms with E-state index < -0.39 is 5.82 Å². The zero-order chi connectivity index (χ0) is 14.5. The van der Waals surface area contributed by atoms with Crippen molar-refractivity contribution in [2.75, 3.05) is 12.4 Å². The quantitative estimate of drug-likeness (QED) is 0.833. The molecule has 0 bridgehead atoms. The topological polar surface area (TPSA) is 54.0 Å². The molecule has 0 saturated heterocycles. The highest BCUT2D eigenvalue weighted by Gasteiger charge is 2.27. The van der Waals surface area contributed by atoms with Crippen molar-refractivity contribution in [2.24, 2.45) is 0 Å². The van der Waals surface area contributed by atoms with Crippen molar-refractivity contribution in [2.45, 2.75) is 45.6 Å². The van der Waals surface area contributed by atoms with Crippen molar-refractivity contribution in [3.8, 4) is 0 Å². The maximum atomic E-state index is 13.3. The number of nitrogens with zero attached hydrogens (tertiary/aromatic N) is 1. The van der Waals surface area contributed by atoms with Gasteiger partial charge in [0.05, 0.1) is 11.8 Å². The Labute approximate surface area is 113 Å². The molecular weight excluding hydrogens is 245 g/mol. The fourth-order valence-electron chi connectivity index (χ4n) is 2.13. The Balaban J connectivity index is 3.03. The summed E-state index contributed by atoms with van der Waals surface area (Å²) in [5.74, 6) is -0.419. The van der Waals surface area contributed by atoms with Crippen LogP contribution in [0.3, 0.4) is 0 Å². The summed E-state index contributed by atoms with van der Waals surface area (Å²) in [6.45, 7) is 6.11. The van der Waals surface area contributed by atoms with E-state index in [0.29, 0.717) is 5.82 Å². The summed E-state index contributed by atoms with van der Waals surface area (Å²) in [4.78, 5) is 16.2. The molecule has 1 rings (SSSR count). The van der Waals surface area contributed by atoms with Gasteiger partial charge in [-0.05, 0) is 25.3 Å². The van der Waals surface area contributed by atoms with Crippen LogP contribution in [0.2, 0.25) is 0 Å². The Bertz CT molecular complexity index is 436. The third kappa shape index (κ3) is 3.43. The summed E-state index contributed by atoms with van der Waals surface area (Å²) < 4.78 is 13.3. The highest BCUT2D eigenvalue weighted by molar-refractivity contribution is 5.99. The SMILES string of the molecule is CCC(CC)(CC)NC(=O)c1cc(F)cnc1NC. The number of amides is 1. The molecule has 1 amide bonds. The Hall–Kier alpha value is -1.65. The average Bonchev–Trinajstić information content (AvgIpc) is 2.44. The Morgan fingerprint density at radius 1 is 1.32 bits per heavy atom. The van der Waals surface area contributed by atoms with Crippen molar-refractivity contribution in [3.05, 3.63) is 23.6 Å². The van der Waals surface area contributed by atoms with Crippen LogP contribution < -0.4 is 10.6 Å². The van der Waals surface area contributed by atoms with E-state index in [4.69, 9.17) is 0 Å². The fraction of sp³-hybridized carbons (Fsp3) is 0.571. The highest BCUT2D eigenvalue weighted by Crippen LogP contribution is 2.21. The summed E-state index contributed by atoms with van der Waals surface area (Å²) in [7, 11) is 1.66. The van der Waals surface area contributed by atoms with E-state index in [0.717, 1.165) is 25.5 Å². The van der Waals surface area contributed by atoms with E-state index in [-0.39, 0.29) is 17.0 Å². The van der Waals surface area contributed by atoms with Gasteiger partial charge in [0, 0.05) is 12.6 Å². The maximum absolute atomic E-state index is 13.3. The number of carbonyl (C=O) groups excluding carboxylic acids is 1. The molecule has 19 heavy (non-hydrogen) atoms. The molecular formula is C14H22FN3O. The molecule has 1 aromatic heterocycles. The maximum Gasteiger partial charge on any atom is 0.255 e. The van der Waals surface area contributed by atoms with Gasteiger partial charge in [0.1, 0.15) is 11.6 Å². The van der Waals surface area contributed by atoms with Crippen molar-refractivity contribution in [3.63, 3.8) is 0 Å². The van der Waals surface area contributed by atoms with Gasteiger partial charge in [-0.25, -0.2) is 9.37 Å².